The first kappa shape index (κ1) is 17.0. The summed E-state index contributed by atoms with van der Waals surface area (Å²) in [5, 5.41) is 5.00. The lowest BCUT2D eigenvalue weighted by atomic mass is 10.1. The minimum Gasteiger partial charge on any atom is -0.463 e. The molecule has 3 aromatic rings. The van der Waals surface area contributed by atoms with Gasteiger partial charge in [-0.1, -0.05) is 48.5 Å². The number of cyclic esters (lactones) is 1. The summed E-state index contributed by atoms with van der Waals surface area (Å²) in [7, 11) is 0. The number of carbonyl (C=O) groups excluding carboxylic acids is 2. The summed E-state index contributed by atoms with van der Waals surface area (Å²) >= 11 is 0. The third-order valence-electron chi connectivity index (χ3n) is 4.37. The van der Waals surface area contributed by atoms with Crippen molar-refractivity contribution in [3.05, 3.63) is 76.2 Å². The molecule has 0 saturated carbocycles. The van der Waals surface area contributed by atoms with Crippen LogP contribution in [0.1, 0.15) is 22.5 Å². The fourth-order valence-corrected chi connectivity index (χ4v) is 3.02. The number of esters is 2. The van der Waals surface area contributed by atoms with E-state index >= 15 is 0 Å². The summed E-state index contributed by atoms with van der Waals surface area (Å²) in [4.78, 5) is 37.0. The summed E-state index contributed by atoms with van der Waals surface area (Å²) in [5.74, 6) is -1.32. The molecule has 1 aliphatic heterocycles. The van der Waals surface area contributed by atoms with E-state index in [-0.39, 0.29) is 24.4 Å². The fraction of sp³-hybridized carbons (Fsp3) is 0.200. The molecule has 0 aliphatic carbocycles. The summed E-state index contributed by atoms with van der Waals surface area (Å²) in [6, 6.07) is 16.1. The van der Waals surface area contributed by atoms with E-state index < -0.39 is 18.0 Å². The number of ether oxygens (including phenoxy) is 2. The smallest absolute Gasteiger partial charge is 0.360 e. The van der Waals surface area contributed by atoms with Crippen molar-refractivity contribution in [3.8, 4) is 0 Å². The van der Waals surface area contributed by atoms with Gasteiger partial charge in [-0.15, -0.1) is 0 Å². The number of nitrogens with zero attached hydrogens (tertiary/aromatic N) is 2. The third-order valence-corrected chi connectivity index (χ3v) is 4.37. The number of aromatic nitrogens is 2. The van der Waals surface area contributed by atoms with Crippen LogP contribution in [-0.4, -0.2) is 34.4 Å². The van der Waals surface area contributed by atoms with Crippen LogP contribution >= 0.6 is 0 Å². The van der Waals surface area contributed by atoms with E-state index in [1.807, 2.05) is 30.3 Å². The second-order valence-electron chi connectivity index (χ2n) is 6.19. The lowest BCUT2D eigenvalue weighted by Crippen LogP contribution is -2.29. The molecule has 0 amide bonds. The van der Waals surface area contributed by atoms with Gasteiger partial charge in [0.15, 0.2) is 5.69 Å². The number of carbonyl (C=O) groups is 2. The van der Waals surface area contributed by atoms with Gasteiger partial charge in [0.05, 0.1) is 18.5 Å². The maximum absolute atomic E-state index is 12.8. The van der Waals surface area contributed by atoms with Crippen molar-refractivity contribution in [1.29, 1.82) is 0 Å². The molecule has 0 radical (unpaired) electrons. The molecule has 2 heterocycles. The zero-order valence-corrected chi connectivity index (χ0v) is 14.3. The average molecular weight is 364 g/mol. The molecular weight excluding hydrogens is 348 g/mol. The molecule has 0 spiro atoms. The Hall–Kier alpha value is -3.48. The van der Waals surface area contributed by atoms with Gasteiger partial charge < -0.3 is 9.47 Å². The van der Waals surface area contributed by atoms with Crippen molar-refractivity contribution in [2.24, 2.45) is 0 Å². The zero-order valence-electron chi connectivity index (χ0n) is 14.3. The average Bonchev–Trinajstić information content (AvgIpc) is 3.09. The number of hydrogen-bond acceptors (Lipinski definition) is 6. The minimum atomic E-state index is -0.937. The van der Waals surface area contributed by atoms with E-state index in [1.165, 1.54) is 4.68 Å². The van der Waals surface area contributed by atoms with Crippen LogP contribution in [0.3, 0.4) is 0 Å². The number of rotatable bonds is 4. The number of fused-ring (bicyclic) bond motifs is 1. The molecule has 1 saturated heterocycles. The minimum absolute atomic E-state index is 0.000770. The molecule has 7 heteroatoms. The van der Waals surface area contributed by atoms with Crippen molar-refractivity contribution < 1.29 is 19.1 Å². The van der Waals surface area contributed by atoms with Gasteiger partial charge in [-0.3, -0.25) is 4.79 Å². The maximum atomic E-state index is 12.8. The predicted molar refractivity (Wildman–Crippen MR) is 96.3 cm³/mol. The van der Waals surface area contributed by atoms with Gasteiger partial charge in [0.2, 0.25) is 6.10 Å². The van der Waals surface area contributed by atoms with Crippen LogP contribution in [0.15, 0.2) is 59.4 Å². The predicted octanol–water partition coefficient (Wildman–Crippen LogP) is 1.92. The van der Waals surface area contributed by atoms with Crippen LogP contribution in [-0.2, 0) is 20.8 Å². The van der Waals surface area contributed by atoms with E-state index in [2.05, 4.69) is 5.10 Å². The Bertz CT molecular complexity index is 1070. The molecule has 27 heavy (non-hydrogen) atoms. The van der Waals surface area contributed by atoms with E-state index in [0.717, 1.165) is 5.56 Å². The quantitative estimate of drug-likeness (QED) is 0.657. The molecular formula is C20H16N2O5. The molecule has 1 aromatic heterocycles. The summed E-state index contributed by atoms with van der Waals surface area (Å²) < 4.78 is 11.3. The van der Waals surface area contributed by atoms with Crippen molar-refractivity contribution in [3.63, 3.8) is 0 Å². The monoisotopic (exact) mass is 364 g/mol. The fourth-order valence-electron chi connectivity index (χ4n) is 3.02. The van der Waals surface area contributed by atoms with Gasteiger partial charge in [-0.05, 0) is 11.6 Å². The third kappa shape index (κ3) is 3.31. The normalized spacial score (nSPS) is 16.3. The SMILES string of the molecule is O=C(O[C@@H]1CCOC1=O)c1nn(Cc2ccccc2)c(=O)c2ccccc12. The summed E-state index contributed by atoms with van der Waals surface area (Å²) in [6.07, 6.45) is -0.626. The Kier molecular flexibility index (Phi) is 4.42. The van der Waals surface area contributed by atoms with Gasteiger partial charge in [-0.2, -0.15) is 5.10 Å². The van der Waals surface area contributed by atoms with Crippen LogP contribution in [0.2, 0.25) is 0 Å². The lowest BCUT2D eigenvalue weighted by molar-refractivity contribution is -0.145. The first-order valence-corrected chi connectivity index (χ1v) is 8.55. The second-order valence-corrected chi connectivity index (χ2v) is 6.19. The molecule has 4 rings (SSSR count). The highest BCUT2D eigenvalue weighted by Crippen LogP contribution is 2.18. The van der Waals surface area contributed by atoms with Crippen LogP contribution in [0.4, 0.5) is 0 Å². The molecule has 1 aliphatic rings. The highest BCUT2D eigenvalue weighted by atomic mass is 16.6. The van der Waals surface area contributed by atoms with Crippen LogP contribution in [0.5, 0.6) is 0 Å². The van der Waals surface area contributed by atoms with E-state index in [1.54, 1.807) is 24.3 Å². The first-order valence-electron chi connectivity index (χ1n) is 8.55. The molecule has 2 aromatic carbocycles. The number of hydrogen-bond donors (Lipinski definition) is 0. The molecule has 7 nitrogen and oxygen atoms in total. The highest BCUT2D eigenvalue weighted by molar-refractivity contribution is 6.02. The lowest BCUT2D eigenvalue weighted by Gasteiger charge is -2.12. The summed E-state index contributed by atoms with van der Waals surface area (Å²) in [5.41, 5.74) is 0.577. The zero-order chi connectivity index (χ0) is 18.8. The molecule has 0 bridgehead atoms. The van der Waals surface area contributed by atoms with Gasteiger partial charge in [0.1, 0.15) is 0 Å². The van der Waals surface area contributed by atoms with Crippen molar-refractivity contribution >= 4 is 22.7 Å². The Morgan fingerprint density at radius 3 is 2.48 bits per heavy atom. The van der Waals surface area contributed by atoms with Gasteiger partial charge in [-0.25, -0.2) is 14.3 Å². The van der Waals surface area contributed by atoms with Crippen LogP contribution in [0, 0.1) is 0 Å². The largest absolute Gasteiger partial charge is 0.463 e. The topological polar surface area (TPSA) is 87.5 Å². The Balaban J connectivity index is 1.76. The highest BCUT2D eigenvalue weighted by Gasteiger charge is 2.31. The van der Waals surface area contributed by atoms with Crippen molar-refractivity contribution in [2.75, 3.05) is 6.61 Å². The van der Waals surface area contributed by atoms with Crippen molar-refractivity contribution in [1.82, 2.24) is 9.78 Å². The first-order chi connectivity index (χ1) is 13.1. The molecule has 0 N–H and O–H groups in total. The molecule has 1 atom stereocenters. The Labute approximate surface area is 154 Å². The second kappa shape index (κ2) is 7.03. The Morgan fingerprint density at radius 1 is 1.07 bits per heavy atom. The number of benzene rings is 2. The van der Waals surface area contributed by atoms with Crippen LogP contribution in [0.25, 0.3) is 10.8 Å². The van der Waals surface area contributed by atoms with Gasteiger partial charge in [0.25, 0.3) is 5.56 Å². The van der Waals surface area contributed by atoms with Crippen LogP contribution < -0.4 is 5.56 Å². The molecule has 136 valence electrons. The maximum Gasteiger partial charge on any atom is 0.360 e. The molecule has 0 unspecified atom stereocenters. The van der Waals surface area contributed by atoms with Gasteiger partial charge in [0, 0.05) is 11.8 Å². The van der Waals surface area contributed by atoms with Gasteiger partial charge >= 0.3 is 11.9 Å². The van der Waals surface area contributed by atoms with E-state index in [4.69, 9.17) is 9.47 Å². The van der Waals surface area contributed by atoms with E-state index in [0.29, 0.717) is 17.2 Å². The Morgan fingerprint density at radius 2 is 1.78 bits per heavy atom. The standard InChI is InChI=1S/C20H16N2O5/c23-18-15-9-5-4-8-14(15)17(20(25)27-16-10-11-26-19(16)24)21-22(18)12-13-6-2-1-3-7-13/h1-9,16H,10-12H2/t16-/m1/s1. The van der Waals surface area contributed by atoms with Crippen molar-refractivity contribution in [2.45, 2.75) is 19.1 Å². The molecule has 1 fully saturated rings. The van der Waals surface area contributed by atoms with E-state index in [9.17, 15) is 14.4 Å². The summed E-state index contributed by atoms with van der Waals surface area (Å²) in [6.45, 7) is 0.439.